The second-order valence-electron chi connectivity index (χ2n) is 3.04. The van der Waals surface area contributed by atoms with Crippen LogP contribution in [0, 0.1) is 0 Å². The maximum Gasteiger partial charge on any atom is 1.00 e. The Bertz CT molecular complexity index is 301. The number of aromatic hydroxyl groups is 1. The van der Waals surface area contributed by atoms with Crippen LogP contribution in [-0.4, -0.2) is 17.7 Å². The van der Waals surface area contributed by atoms with Gasteiger partial charge in [-0.05, 0) is 30.7 Å². The average molecular weight is 234 g/mol. The van der Waals surface area contributed by atoms with Gasteiger partial charge in [0.15, 0.2) is 0 Å². The summed E-state index contributed by atoms with van der Waals surface area (Å²) in [5, 5.41) is 9.00. The SMILES string of the molecule is CCCCOC(=O)c1ccc(O)cc1.[H-].[K+]. The third kappa shape index (κ3) is 5.68. The summed E-state index contributed by atoms with van der Waals surface area (Å²) >= 11 is 0. The van der Waals surface area contributed by atoms with E-state index >= 15 is 0 Å². The zero-order valence-corrected chi connectivity index (χ0v) is 12.3. The van der Waals surface area contributed by atoms with Gasteiger partial charge in [-0.1, -0.05) is 13.3 Å². The molecule has 1 rings (SSSR count). The van der Waals surface area contributed by atoms with Crippen molar-refractivity contribution in [3.05, 3.63) is 29.8 Å². The van der Waals surface area contributed by atoms with Crippen LogP contribution in [0.4, 0.5) is 0 Å². The van der Waals surface area contributed by atoms with E-state index in [2.05, 4.69) is 0 Å². The molecule has 1 N–H and O–H groups in total. The summed E-state index contributed by atoms with van der Waals surface area (Å²) in [5.74, 6) is -0.187. The van der Waals surface area contributed by atoms with E-state index in [4.69, 9.17) is 9.84 Å². The second kappa shape index (κ2) is 8.30. The van der Waals surface area contributed by atoms with Gasteiger partial charge in [-0.2, -0.15) is 0 Å². The standard InChI is InChI=1S/C11H14O3.K.H/c1-2-3-8-14-11(13)9-4-6-10(12)7-5-9;;/h4-7,12H,2-3,8H2,1H3;;/q;+1;-1. The van der Waals surface area contributed by atoms with Crippen molar-refractivity contribution in [3.8, 4) is 5.75 Å². The molecule has 78 valence electrons. The van der Waals surface area contributed by atoms with Crippen molar-refractivity contribution >= 4 is 5.97 Å². The van der Waals surface area contributed by atoms with E-state index < -0.39 is 0 Å². The van der Waals surface area contributed by atoms with Gasteiger partial charge in [0.2, 0.25) is 0 Å². The Morgan fingerprint density at radius 3 is 2.53 bits per heavy atom. The van der Waals surface area contributed by atoms with Gasteiger partial charge < -0.3 is 11.3 Å². The maximum atomic E-state index is 11.3. The number of hydrogen-bond acceptors (Lipinski definition) is 3. The first kappa shape index (κ1) is 15.1. The number of carbonyl (C=O) groups is 1. The van der Waals surface area contributed by atoms with Gasteiger partial charge in [0, 0.05) is 0 Å². The van der Waals surface area contributed by atoms with E-state index in [-0.39, 0.29) is 64.5 Å². The first-order valence-electron chi connectivity index (χ1n) is 4.70. The number of esters is 1. The molecule has 1 aromatic rings. The van der Waals surface area contributed by atoms with Crippen LogP contribution in [0.1, 0.15) is 31.6 Å². The number of rotatable bonds is 4. The van der Waals surface area contributed by atoms with Crippen molar-refractivity contribution in [2.75, 3.05) is 6.61 Å². The van der Waals surface area contributed by atoms with Crippen LogP contribution >= 0.6 is 0 Å². The molecule has 0 unspecified atom stereocenters. The molecular formula is C11H15KO3. The van der Waals surface area contributed by atoms with Gasteiger partial charge in [0.25, 0.3) is 0 Å². The van der Waals surface area contributed by atoms with Crippen LogP contribution in [0.5, 0.6) is 5.75 Å². The van der Waals surface area contributed by atoms with Crippen molar-refractivity contribution < 1.29 is 67.4 Å². The number of ether oxygens (including phenoxy) is 1. The normalized spacial score (nSPS) is 9.13. The number of benzene rings is 1. The molecule has 0 saturated carbocycles. The fraction of sp³-hybridized carbons (Fsp3) is 0.364. The summed E-state index contributed by atoms with van der Waals surface area (Å²) in [6, 6.07) is 6.03. The van der Waals surface area contributed by atoms with Gasteiger partial charge >= 0.3 is 57.4 Å². The zero-order valence-electron chi connectivity index (χ0n) is 10.2. The molecule has 0 aliphatic rings. The van der Waals surface area contributed by atoms with Crippen molar-refractivity contribution in [2.24, 2.45) is 0 Å². The molecule has 0 bridgehead atoms. The van der Waals surface area contributed by atoms with Gasteiger partial charge in [-0.15, -0.1) is 0 Å². The van der Waals surface area contributed by atoms with Crippen LogP contribution in [0.3, 0.4) is 0 Å². The van der Waals surface area contributed by atoms with Gasteiger partial charge in [-0.25, -0.2) is 4.79 Å². The monoisotopic (exact) mass is 234 g/mol. The van der Waals surface area contributed by atoms with Crippen LogP contribution in [0.25, 0.3) is 0 Å². The Labute approximate surface area is 134 Å². The summed E-state index contributed by atoms with van der Waals surface area (Å²) in [5.41, 5.74) is 0.471. The number of hydrogen-bond donors (Lipinski definition) is 1. The van der Waals surface area contributed by atoms with Crippen LogP contribution < -0.4 is 51.4 Å². The van der Waals surface area contributed by atoms with Gasteiger partial charge in [0.05, 0.1) is 12.2 Å². The fourth-order valence-electron chi connectivity index (χ4n) is 0.990. The smallest absolute Gasteiger partial charge is 1.00 e. The van der Waals surface area contributed by atoms with E-state index in [1.807, 2.05) is 6.92 Å². The molecule has 3 nitrogen and oxygen atoms in total. The molecule has 0 atom stereocenters. The molecule has 0 aromatic heterocycles. The maximum absolute atomic E-state index is 11.3. The summed E-state index contributed by atoms with van der Waals surface area (Å²) in [7, 11) is 0. The number of carbonyl (C=O) groups excluding carboxylic acids is 1. The average Bonchev–Trinajstić information content (AvgIpc) is 2.19. The fourth-order valence-corrected chi connectivity index (χ4v) is 0.990. The van der Waals surface area contributed by atoms with Crippen LogP contribution in [-0.2, 0) is 4.74 Å². The summed E-state index contributed by atoms with van der Waals surface area (Å²) < 4.78 is 4.99. The molecule has 15 heavy (non-hydrogen) atoms. The Morgan fingerprint density at radius 2 is 2.00 bits per heavy atom. The number of phenols is 1. The van der Waals surface area contributed by atoms with Crippen molar-refractivity contribution in [3.63, 3.8) is 0 Å². The van der Waals surface area contributed by atoms with Crippen molar-refractivity contribution in [1.29, 1.82) is 0 Å². The molecule has 0 fully saturated rings. The largest absolute Gasteiger partial charge is 1.00 e. The molecule has 1 aromatic carbocycles. The Kier molecular flexibility index (Phi) is 8.37. The molecule has 0 saturated heterocycles. The molecule has 0 aliphatic heterocycles. The molecule has 0 radical (unpaired) electrons. The number of unbranched alkanes of at least 4 members (excludes halogenated alkanes) is 1. The molecule has 4 heteroatoms. The Hall–Kier alpha value is 0.126. The molecular weight excluding hydrogens is 219 g/mol. The molecule has 0 aliphatic carbocycles. The molecule has 0 spiro atoms. The van der Waals surface area contributed by atoms with E-state index in [0.29, 0.717) is 12.2 Å². The van der Waals surface area contributed by atoms with E-state index in [1.165, 1.54) is 12.1 Å². The zero-order chi connectivity index (χ0) is 10.4. The Balaban J connectivity index is 0. The summed E-state index contributed by atoms with van der Waals surface area (Å²) in [4.78, 5) is 11.3. The minimum atomic E-state index is -0.335. The summed E-state index contributed by atoms with van der Waals surface area (Å²) in [6.07, 6.45) is 1.88. The minimum Gasteiger partial charge on any atom is -1.00 e. The van der Waals surface area contributed by atoms with Gasteiger partial charge in [0.1, 0.15) is 5.75 Å². The van der Waals surface area contributed by atoms with E-state index in [9.17, 15) is 4.79 Å². The van der Waals surface area contributed by atoms with Gasteiger partial charge in [-0.3, -0.25) is 0 Å². The molecule has 0 amide bonds. The third-order valence-electron chi connectivity index (χ3n) is 1.83. The van der Waals surface area contributed by atoms with Crippen LogP contribution in [0.2, 0.25) is 0 Å². The first-order valence-corrected chi connectivity index (χ1v) is 4.70. The van der Waals surface area contributed by atoms with E-state index in [0.717, 1.165) is 12.8 Å². The van der Waals surface area contributed by atoms with Crippen molar-refractivity contribution in [1.82, 2.24) is 0 Å². The number of phenolic OH excluding ortho intramolecular Hbond substituents is 1. The van der Waals surface area contributed by atoms with Crippen molar-refractivity contribution in [2.45, 2.75) is 19.8 Å². The topological polar surface area (TPSA) is 46.5 Å². The predicted molar refractivity (Wildman–Crippen MR) is 54.4 cm³/mol. The molecule has 0 heterocycles. The van der Waals surface area contributed by atoms with Crippen LogP contribution in [0.15, 0.2) is 24.3 Å². The quantitative estimate of drug-likeness (QED) is 0.433. The Morgan fingerprint density at radius 1 is 1.40 bits per heavy atom. The summed E-state index contributed by atoms with van der Waals surface area (Å²) in [6.45, 7) is 2.49. The third-order valence-corrected chi connectivity index (χ3v) is 1.83. The minimum absolute atomic E-state index is 0. The second-order valence-corrected chi connectivity index (χ2v) is 3.04. The first-order chi connectivity index (χ1) is 6.74. The van der Waals surface area contributed by atoms with E-state index in [1.54, 1.807) is 12.1 Å². The predicted octanol–water partition coefficient (Wildman–Crippen LogP) is -0.534.